The number of nitrogens with zero attached hydrogens (tertiary/aromatic N) is 2. The third-order valence-corrected chi connectivity index (χ3v) is 5.34. The lowest BCUT2D eigenvalue weighted by atomic mass is 10.0. The molecule has 0 radical (unpaired) electrons. The van der Waals surface area contributed by atoms with Crippen LogP contribution in [0.25, 0.3) is 11.6 Å². The topological polar surface area (TPSA) is 114 Å². The number of carbonyl (C=O) groups is 1. The molecule has 0 heterocycles. The summed E-state index contributed by atoms with van der Waals surface area (Å²) in [6, 6.07) is 20.5. The molecule has 0 saturated carbocycles. The number of benzene rings is 3. The molecule has 172 valence electrons. The zero-order valence-corrected chi connectivity index (χ0v) is 20.3. The van der Waals surface area contributed by atoms with E-state index in [0.29, 0.717) is 38.5 Å². The van der Waals surface area contributed by atoms with Gasteiger partial charge in [0.2, 0.25) is 0 Å². The number of allylic oxidation sites excluding steroid dienone is 1. The van der Waals surface area contributed by atoms with Gasteiger partial charge in [-0.25, -0.2) is 0 Å². The van der Waals surface area contributed by atoms with Crippen LogP contribution in [0.5, 0.6) is 11.5 Å². The fourth-order valence-electron chi connectivity index (χ4n) is 3.06. The molecule has 0 aliphatic carbocycles. The van der Waals surface area contributed by atoms with Crippen LogP contribution in [0.15, 0.2) is 66.7 Å². The normalized spacial score (nSPS) is 10.8. The smallest absolute Gasteiger partial charge is 0.270 e. The van der Waals surface area contributed by atoms with Gasteiger partial charge in [-0.1, -0.05) is 30.3 Å². The first-order valence-corrected chi connectivity index (χ1v) is 11.3. The Hall–Kier alpha value is -3.91. The van der Waals surface area contributed by atoms with Crippen molar-refractivity contribution < 1.29 is 19.2 Å². The highest BCUT2D eigenvalue weighted by Gasteiger charge is 2.15. The summed E-state index contributed by atoms with van der Waals surface area (Å²) < 4.78 is 12.2. The Morgan fingerprint density at radius 1 is 1.15 bits per heavy atom. The van der Waals surface area contributed by atoms with Crippen LogP contribution in [-0.4, -0.2) is 24.0 Å². The third-order valence-electron chi connectivity index (χ3n) is 4.54. The van der Waals surface area contributed by atoms with Gasteiger partial charge in [0.25, 0.3) is 11.6 Å². The number of nitriles is 1. The van der Waals surface area contributed by atoms with Crippen molar-refractivity contribution in [3.63, 3.8) is 0 Å². The van der Waals surface area contributed by atoms with E-state index in [1.165, 1.54) is 18.2 Å². The van der Waals surface area contributed by atoms with Crippen molar-refractivity contribution in [2.45, 2.75) is 6.92 Å². The van der Waals surface area contributed by atoms with Gasteiger partial charge in [-0.2, -0.15) is 5.26 Å². The van der Waals surface area contributed by atoms with Crippen LogP contribution < -0.4 is 14.8 Å². The van der Waals surface area contributed by atoms with E-state index in [1.54, 1.807) is 36.4 Å². The number of hydrogen-bond donors (Lipinski definition) is 1. The number of non-ortho nitro benzene ring substituents is 1. The third kappa shape index (κ3) is 6.55. The van der Waals surface area contributed by atoms with E-state index >= 15 is 0 Å². The van der Waals surface area contributed by atoms with E-state index in [0.717, 1.165) is 0 Å². The van der Waals surface area contributed by atoms with E-state index in [4.69, 9.17) is 9.47 Å². The predicted molar refractivity (Wildman–Crippen MR) is 137 cm³/mol. The number of nitro benzene ring substituents is 1. The molecule has 0 aliphatic heterocycles. The SMILES string of the molecule is CCOc1cc(/C=C(/C#N)c2cccc([N+](=O)[O-])c2)cc(I)c1OCC(=O)Nc1ccccc1. The van der Waals surface area contributed by atoms with Gasteiger partial charge < -0.3 is 14.8 Å². The highest BCUT2D eigenvalue weighted by molar-refractivity contribution is 14.1. The Morgan fingerprint density at radius 3 is 2.59 bits per heavy atom. The number of nitro groups is 1. The Bertz CT molecular complexity index is 1270. The lowest BCUT2D eigenvalue weighted by Gasteiger charge is -2.15. The molecule has 3 aromatic rings. The summed E-state index contributed by atoms with van der Waals surface area (Å²) in [4.78, 5) is 22.8. The molecule has 34 heavy (non-hydrogen) atoms. The monoisotopic (exact) mass is 569 g/mol. The number of rotatable bonds is 9. The van der Waals surface area contributed by atoms with Crippen molar-refractivity contribution in [1.29, 1.82) is 5.26 Å². The minimum Gasteiger partial charge on any atom is -0.490 e. The van der Waals surface area contributed by atoms with Gasteiger partial charge in [0.05, 0.1) is 26.7 Å². The lowest BCUT2D eigenvalue weighted by Crippen LogP contribution is -2.20. The first kappa shape index (κ1) is 24.7. The fraction of sp³-hybridized carbons (Fsp3) is 0.120. The maximum absolute atomic E-state index is 12.3. The van der Waals surface area contributed by atoms with E-state index < -0.39 is 4.92 Å². The highest BCUT2D eigenvalue weighted by atomic mass is 127. The standard InChI is InChI=1S/C25H20IN3O5/c1-2-33-23-13-17(11-19(15-27)18-7-6-10-21(14-18)29(31)32)12-22(26)25(23)34-16-24(30)28-20-8-4-3-5-9-20/h3-14H,2,16H2,1H3,(H,28,30)/b19-11-. The molecule has 1 amide bonds. The van der Waals surface area contributed by atoms with Gasteiger partial charge in [0, 0.05) is 17.8 Å². The molecule has 0 aliphatic rings. The van der Waals surface area contributed by atoms with Gasteiger partial charge in [0.15, 0.2) is 18.1 Å². The highest BCUT2D eigenvalue weighted by Crippen LogP contribution is 2.35. The van der Waals surface area contributed by atoms with Gasteiger partial charge in [-0.15, -0.1) is 0 Å². The summed E-state index contributed by atoms with van der Waals surface area (Å²) in [6.07, 6.45) is 1.62. The van der Waals surface area contributed by atoms with Crippen molar-refractivity contribution in [3.05, 3.63) is 91.5 Å². The number of para-hydroxylation sites is 1. The number of hydrogen-bond acceptors (Lipinski definition) is 6. The van der Waals surface area contributed by atoms with Gasteiger partial charge in [-0.3, -0.25) is 14.9 Å². The van der Waals surface area contributed by atoms with Crippen LogP contribution in [0.1, 0.15) is 18.1 Å². The van der Waals surface area contributed by atoms with Gasteiger partial charge >= 0.3 is 0 Å². The average Bonchev–Trinajstić information content (AvgIpc) is 2.83. The van der Waals surface area contributed by atoms with Crippen LogP contribution in [-0.2, 0) is 4.79 Å². The van der Waals surface area contributed by atoms with Crippen LogP contribution in [0.4, 0.5) is 11.4 Å². The molecule has 1 N–H and O–H groups in total. The van der Waals surface area contributed by atoms with E-state index in [2.05, 4.69) is 34.0 Å². The number of ether oxygens (including phenoxy) is 2. The molecule has 0 aromatic heterocycles. The lowest BCUT2D eigenvalue weighted by molar-refractivity contribution is -0.384. The molecule has 3 rings (SSSR count). The summed E-state index contributed by atoms with van der Waals surface area (Å²) in [7, 11) is 0. The molecule has 3 aromatic carbocycles. The summed E-state index contributed by atoms with van der Waals surface area (Å²) in [5.74, 6) is 0.520. The molecule has 0 spiro atoms. The number of amides is 1. The zero-order chi connectivity index (χ0) is 24.5. The van der Waals surface area contributed by atoms with E-state index in [-0.39, 0.29) is 23.8 Å². The molecule has 0 bridgehead atoms. The van der Waals surface area contributed by atoms with E-state index in [1.807, 2.05) is 25.1 Å². The van der Waals surface area contributed by atoms with Crippen LogP contribution in [0, 0.1) is 25.0 Å². The number of halogens is 1. The largest absolute Gasteiger partial charge is 0.490 e. The minimum absolute atomic E-state index is 0.0965. The van der Waals surface area contributed by atoms with Crippen molar-refractivity contribution in [2.24, 2.45) is 0 Å². The van der Waals surface area contributed by atoms with Crippen molar-refractivity contribution in [3.8, 4) is 17.6 Å². The summed E-state index contributed by atoms with van der Waals surface area (Å²) in [5.41, 5.74) is 1.92. The first-order valence-electron chi connectivity index (χ1n) is 10.2. The van der Waals surface area contributed by atoms with Crippen LogP contribution in [0.3, 0.4) is 0 Å². The van der Waals surface area contributed by atoms with Crippen LogP contribution >= 0.6 is 22.6 Å². The number of nitrogens with one attached hydrogen (secondary N) is 1. The molecule has 0 fully saturated rings. The second-order valence-electron chi connectivity index (χ2n) is 6.94. The Labute approximate surface area is 210 Å². The first-order chi connectivity index (χ1) is 16.4. The van der Waals surface area contributed by atoms with Crippen LogP contribution in [0.2, 0.25) is 0 Å². The van der Waals surface area contributed by atoms with Gasteiger partial charge in [0.1, 0.15) is 0 Å². The summed E-state index contributed by atoms with van der Waals surface area (Å²) >= 11 is 2.07. The summed E-state index contributed by atoms with van der Waals surface area (Å²) in [6.45, 7) is 1.98. The van der Waals surface area contributed by atoms with Crippen molar-refractivity contribution in [2.75, 3.05) is 18.5 Å². The molecular weight excluding hydrogens is 549 g/mol. The molecule has 0 saturated heterocycles. The minimum atomic E-state index is -0.505. The molecular formula is C25H20IN3O5. The van der Waals surface area contributed by atoms with Crippen molar-refractivity contribution in [1.82, 2.24) is 0 Å². The summed E-state index contributed by atoms with van der Waals surface area (Å²) in [5, 5.41) is 23.5. The fourth-order valence-corrected chi connectivity index (χ4v) is 3.85. The zero-order valence-electron chi connectivity index (χ0n) is 18.2. The van der Waals surface area contributed by atoms with E-state index in [9.17, 15) is 20.2 Å². The Balaban J connectivity index is 1.85. The number of carbonyl (C=O) groups excluding carboxylic acids is 1. The second-order valence-corrected chi connectivity index (χ2v) is 8.11. The second kappa shape index (κ2) is 11.8. The molecule has 8 nitrogen and oxygen atoms in total. The van der Waals surface area contributed by atoms with Crippen molar-refractivity contribution >= 4 is 51.5 Å². The maximum Gasteiger partial charge on any atom is 0.270 e. The Kier molecular flexibility index (Phi) is 8.59. The quantitative estimate of drug-likeness (QED) is 0.117. The number of anilines is 1. The Morgan fingerprint density at radius 2 is 1.91 bits per heavy atom. The molecule has 0 unspecified atom stereocenters. The average molecular weight is 569 g/mol. The molecule has 0 atom stereocenters. The maximum atomic E-state index is 12.3. The van der Waals surface area contributed by atoms with Gasteiger partial charge in [-0.05, 0) is 71.0 Å². The predicted octanol–water partition coefficient (Wildman–Crippen LogP) is 5.68. The molecule has 9 heteroatoms.